The summed E-state index contributed by atoms with van der Waals surface area (Å²) >= 11 is 0. The highest BCUT2D eigenvalue weighted by Gasteiger charge is 2.14. The van der Waals surface area contributed by atoms with E-state index in [-0.39, 0.29) is 5.56 Å². The molecule has 0 unspecified atom stereocenters. The minimum atomic E-state index is -0.0634. The quantitative estimate of drug-likeness (QED) is 0.230. The molecule has 0 spiro atoms. The molecule has 2 heterocycles. The molecule has 0 aliphatic heterocycles. The van der Waals surface area contributed by atoms with Gasteiger partial charge in [-0.25, -0.2) is 4.40 Å². The average molecular weight is 462 g/mol. The zero-order chi connectivity index (χ0) is 23.8. The van der Waals surface area contributed by atoms with Gasteiger partial charge in [0.2, 0.25) is 5.71 Å². The van der Waals surface area contributed by atoms with Crippen LogP contribution >= 0.6 is 0 Å². The molecular formula is C33H19NO2. The number of hydrogen-bond donors (Lipinski definition) is 0. The maximum atomic E-state index is 13.6. The molecule has 0 saturated heterocycles. The van der Waals surface area contributed by atoms with Crippen molar-refractivity contribution >= 4 is 59.9 Å². The first-order chi connectivity index (χ1) is 17.8. The lowest BCUT2D eigenvalue weighted by atomic mass is 9.92. The van der Waals surface area contributed by atoms with Crippen molar-refractivity contribution in [3.05, 3.63) is 126 Å². The smallest absolute Gasteiger partial charge is 0.269 e. The number of fused-ring (bicyclic) bond motifs is 10. The van der Waals surface area contributed by atoms with Crippen molar-refractivity contribution in [3.63, 3.8) is 0 Å². The second-order valence-electron chi connectivity index (χ2n) is 9.35. The molecule has 3 nitrogen and oxygen atoms in total. The molecule has 0 N–H and O–H groups in total. The second-order valence-corrected chi connectivity index (χ2v) is 9.35. The van der Waals surface area contributed by atoms with Crippen LogP contribution in [-0.2, 0) is 0 Å². The van der Waals surface area contributed by atoms with Crippen molar-refractivity contribution in [2.75, 3.05) is 0 Å². The number of rotatable bonds is 1. The molecule has 0 bridgehead atoms. The van der Waals surface area contributed by atoms with E-state index in [1.807, 2.05) is 48.5 Å². The van der Waals surface area contributed by atoms with Crippen LogP contribution in [0.3, 0.4) is 0 Å². The highest BCUT2D eigenvalue weighted by atomic mass is 16.3. The number of aromatic nitrogens is 1. The largest absolute Gasteiger partial charge is 0.440 e. The van der Waals surface area contributed by atoms with Gasteiger partial charge in [-0.15, -0.1) is 0 Å². The molecule has 36 heavy (non-hydrogen) atoms. The van der Waals surface area contributed by atoms with Crippen LogP contribution in [0.15, 0.2) is 124 Å². The third-order valence-electron chi connectivity index (χ3n) is 7.38. The Hall–Kier alpha value is -4.89. The Labute approximate surface area is 205 Å². The fourth-order valence-electron chi connectivity index (χ4n) is 5.70. The minimum Gasteiger partial charge on any atom is -0.440 e. The summed E-state index contributed by atoms with van der Waals surface area (Å²) in [7, 11) is 0. The Kier molecular flexibility index (Phi) is 3.81. The first kappa shape index (κ1) is 19.4. The van der Waals surface area contributed by atoms with Crippen molar-refractivity contribution in [1.29, 1.82) is 0 Å². The zero-order valence-corrected chi connectivity index (χ0v) is 19.2. The molecule has 168 valence electrons. The zero-order valence-electron chi connectivity index (χ0n) is 19.2. The Balaban J connectivity index is 1.41. The fourth-order valence-corrected chi connectivity index (χ4v) is 5.70. The van der Waals surface area contributed by atoms with E-state index >= 15 is 0 Å². The Morgan fingerprint density at radius 3 is 1.78 bits per heavy atom. The molecule has 0 amide bonds. The van der Waals surface area contributed by atoms with Gasteiger partial charge in [0.05, 0.1) is 10.9 Å². The van der Waals surface area contributed by atoms with Crippen LogP contribution < -0.4 is 5.56 Å². The molecular weight excluding hydrogens is 442 g/mol. The molecule has 8 aromatic rings. The van der Waals surface area contributed by atoms with Crippen LogP contribution in [0.4, 0.5) is 0 Å². The van der Waals surface area contributed by atoms with E-state index in [2.05, 4.69) is 66.7 Å². The van der Waals surface area contributed by atoms with Crippen molar-refractivity contribution < 1.29 is 4.42 Å². The van der Waals surface area contributed by atoms with Crippen LogP contribution in [0.25, 0.3) is 71.0 Å². The van der Waals surface area contributed by atoms with E-state index < -0.39 is 0 Å². The van der Waals surface area contributed by atoms with Crippen molar-refractivity contribution in [1.82, 2.24) is 4.40 Å². The summed E-state index contributed by atoms with van der Waals surface area (Å²) in [5.74, 6) is 0. The van der Waals surface area contributed by atoms with Gasteiger partial charge in [-0.2, -0.15) is 0 Å². The van der Waals surface area contributed by atoms with Gasteiger partial charge in [0.1, 0.15) is 5.58 Å². The Bertz CT molecular complexity index is 2200. The lowest BCUT2D eigenvalue weighted by Gasteiger charge is -2.12. The summed E-state index contributed by atoms with van der Waals surface area (Å²) in [6.45, 7) is 0. The van der Waals surface area contributed by atoms with Crippen LogP contribution in [0.2, 0.25) is 0 Å². The number of hydrogen-bond acceptors (Lipinski definition) is 2. The maximum absolute atomic E-state index is 13.6. The molecule has 0 aliphatic rings. The highest BCUT2D eigenvalue weighted by molar-refractivity contribution is 6.25. The molecule has 8 rings (SSSR count). The van der Waals surface area contributed by atoms with E-state index in [4.69, 9.17) is 4.42 Å². The standard InChI is InChI=1S/C33H19NO2/c35-33-29-18-21(14-16-31(29)36-32-19-22-7-1-6-12-30(22)34(32)33)20-13-15-27-25-10-3-2-8-23(25)24-9-4-5-11-26(24)28(27)17-20/h1-19H. The van der Waals surface area contributed by atoms with Crippen LogP contribution in [-0.4, -0.2) is 4.40 Å². The second kappa shape index (κ2) is 7.06. The van der Waals surface area contributed by atoms with Crippen LogP contribution in [0, 0.1) is 0 Å². The van der Waals surface area contributed by atoms with Gasteiger partial charge in [-0.1, -0.05) is 84.9 Å². The van der Waals surface area contributed by atoms with Gasteiger partial charge in [0.15, 0.2) is 0 Å². The Morgan fingerprint density at radius 2 is 1.06 bits per heavy atom. The van der Waals surface area contributed by atoms with Crippen molar-refractivity contribution in [2.45, 2.75) is 0 Å². The topological polar surface area (TPSA) is 34.6 Å². The first-order valence-corrected chi connectivity index (χ1v) is 12.1. The highest BCUT2D eigenvalue weighted by Crippen LogP contribution is 2.37. The van der Waals surface area contributed by atoms with Gasteiger partial charge in [-0.05, 0) is 67.7 Å². The van der Waals surface area contributed by atoms with E-state index in [1.54, 1.807) is 4.40 Å². The maximum Gasteiger partial charge on any atom is 0.269 e. The summed E-state index contributed by atoms with van der Waals surface area (Å²) in [6.07, 6.45) is 0. The van der Waals surface area contributed by atoms with Gasteiger partial charge in [0, 0.05) is 11.5 Å². The molecule has 6 aromatic carbocycles. The molecule has 3 heteroatoms. The third kappa shape index (κ3) is 2.60. The Morgan fingerprint density at radius 1 is 0.500 bits per heavy atom. The summed E-state index contributed by atoms with van der Waals surface area (Å²) in [6, 6.07) is 39.4. The molecule has 0 saturated carbocycles. The minimum absolute atomic E-state index is 0.0634. The summed E-state index contributed by atoms with van der Waals surface area (Å²) in [5.41, 5.74) is 4.01. The van der Waals surface area contributed by atoms with Crippen molar-refractivity contribution in [3.8, 4) is 11.1 Å². The van der Waals surface area contributed by atoms with E-state index in [1.165, 1.54) is 32.3 Å². The number of benzene rings is 6. The van der Waals surface area contributed by atoms with Gasteiger partial charge in [0.25, 0.3) is 5.56 Å². The molecule has 0 aliphatic carbocycles. The lowest BCUT2D eigenvalue weighted by molar-refractivity contribution is 0.631. The lowest BCUT2D eigenvalue weighted by Crippen LogP contribution is -2.12. The predicted octanol–water partition coefficient (Wildman–Crippen LogP) is 8.33. The summed E-state index contributed by atoms with van der Waals surface area (Å²) in [5, 5.41) is 8.99. The van der Waals surface area contributed by atoms with Crippen molar-refractivity contribution in [2.24, 2.45) is 0 Å². The summed E-state index contributed by atoms with van der Waals surface area (Å²) < 4.78 is 7.81. The summed E-state index contributed by atoms with van der Waals surface area (Å²) in [4.78, 5) is 13.6. The number of nitrogens with zero attached hydrogens (tertiary/aromatic N) is 1. The van der Waals surface area contributed by atoms with E-state index in [0.29, 0.717) is 16.7 Å². The molecule has 0 fully saturated rings. The average Bonchev–Trinajstić information content (AvgIpc) is 3.31. The number of para-hydroxylation sites is 1. The first-order valence-electron chi connectivity index (χ1n) is 12.1. The molecule has 0 radical (unpaired) electrons. The predicted molar refractivity (Wildman–Crippen MR) is 149 cm³/mol. The van der Waals surface area contributed by atoms with E-state index in [0.717, 1.165) is 22.0 Å². The SMILES string of the molecule is O=c1c2cc(-c3ccc4c5ccccc5c5ccccc5c4c3)ccc2oc2cc3ccccc3n12. The third-order valence-corrected chi connectivity index (χ3v) is 7.38. The molecule has 0 atom stereocenters. The van der Waals surface area contributed by atoms with E-state index in [9.17, 15) is 4.79 Å². The van der Waals surface area contributed by atoms with Gasteiger partial charge < -0.3 is 4.42 Å². The monoisotopic (exact) mass is 461 g/mol. The van der Waals surface area contributed by atoms with Gasteiger partial charge >= 0.3 is 0 Å². The van der Waals surface area contributed by atoms with Crippen LogP contribution in [0.5, 0.6) is 0 Å². The van der Waals surface area contributed by atoms with Crippen LogP contribution in [0.1, 0.15) is 0 Å². The normalized spacial score (nSPS) is 12.0. The fraction of sp³-hybridized carbons (Fsp3) is 0. The van der Waals surface area contributed by atoms with Gasteiger partial charge in [-0.3, -0.25) is 4.79 Å². The molecule has 2 aromatic heterocycles.